The van der Waals surface area contributed by atoms with Crippen LogP contribution in [0.5, 0.6) is 0 Å². The molecule has 2 aromatic heterocycles. The van der Waals surface area contributed by atoms with Gasteiger partial charge in [0.25, 0.3) is 0 Å². The molecule has 0 saturated carbocycles. The van der Waals surface area contributed by atoms with Gasteiger partial charge < -0.3 is 10.1 Å². The van der Waals surface area contributed by atoms with E-state index in [9.17, 15) is 19.7 Å². The average Bonchev–Trinajstić information content (AvgIpc) is 3.09. The minimum absolute atomic E-state index is 0.0605. The molecule has 2 aromatic rings. The molecule has 0 aliphatic heterocycles. The van der Waals surface area contributed by atoms with Crippen LogP contribution < -0.4 is 5.32 Å². The predicted molar refractivity (Wildman–Crippen MR) is 76.4 cm³/mol. The van der Waals surface area contributed by atoms with Gasteiger partial charge in [0.05, 0.1) is 11.5 Å². The van der Waals surface area contributed by atoms with E-state index >= 15 is 0 Å². The van der Waals surface area contributed by atoms with Crippen LogP contribution >= 0.6 is 0 Å². The van der Waals surface area contributed by atoms with Crippen molar-refractivity contribution in [3.8, 4) is 0 Å². The van der Waals surface area contributed by atoms with Crippen LogP contribution in [0.2, 0.25) is 0 Å². The van der Waals surface area contributed by atoms with Gasteiger partial charge in [0, 0.05) is 12.3 Å². The smallest absolute Gasteiger partial charge is 0.327 e. The second-order valence-electron chi connectivity index (χ2n) is 4.40. The van der Waals surface area contributed by atoms with E-state index in [0.717, 1.165) is 17.1 Å². The maximum atomic E-state index is 11.8. The fourth-order valence-electron chi connectivity index (χ4n) is 1.72. The van der Waals surface area contributed by atoms with E-state index < -0.39 is 16.8 Å². The molecule has 2 rings (SSSR count). The van der Waals surface area contributed by atoms with Gasteiger partial charge in [0.2, 0.25) is 5.91 Å². The summed E-state index contributed by atoms with van der Waals surface area (Å²) in [5, 5.41) is 20.7. The lowest BCUT2D eigenvalue weighted by molar-refractivity contribution is -0.385. The molecule has 0 radical (unpaired) electrons. The first-order chi connectivity index (χ1) is 11.0. The number of hydrogen-bond donors (Lipinski definition) is 1. The highest BCUT2D eigenvalue weighted by molar-refractivity contribution is 5.89. The molecule has 11 nitrogen and oxygen atoms in total. The number of anilines is 1. The van der Waals surface area contributed by atoms with Gasteiger partial charge in [-0.15, -0.1) is 0 Å². The normalized spacial score (nSPS) is 10.3. The van der Waals surface area contributed by atoms with Gasteiger partial charge >= 0.3 is 11.7 Å². The lowest BCUT2D eigenvalue weighted by Gasteiger charge is -2.03. The Balaban J connectivity index is 1.88. The first-order valence-electron chi connectivity index (χ1n) is 6.63. The summed E-state index contributed by atoms with van der Waals surface area (Å²) in [4.78, 5) is 33.0. The highest BCUT2D eigenvalue weighted by atomic mass is 16.6. The van der Waals surface area contributed by atoms with Gasteiger partial charge in [-0.2, -0.15) is 10.2 Å². The Hall–Kier alpha value is -3.24. The molecule has 0 fully saturated rings. The summed E-state index contributed by atoms with van der Waals surface area (Å²) in [5.74, 6) is -0.636. The Bertz CT molecular complexity index is 721. The maximum absolute atomic E-state index is 11.8. The van der Waals surface area contributed by atoms with Gasteiger partial charge in [-0.3, -0.25) is 29.1 Å². The lowest BCUT2D eigenvalue weighted by atomic mass is 10.5. The van der Waals surface area contributed by atoms with Crippen LogP contribution in [0, 0.1) is 10.1 Å². The lowest BCUT2D eigenvalue weighted by Crippen LogP contribution is -2.20. The summed E-state index contributed by atoms with van der Waals surface area (Å²) in [6, 6.07) is 1.52. The van der Waals surface area contributed by atoms with Crippen LogP contribution in [-0.4, -0.2) is 43.0 Å². The summed E-state index contributed by atoms with van der Waals surface area (Å²) in [6.45, 7) is 1.72. The number of esters is 1. The number of carbonyl (C=O) groups is 2. The third kappa shape index (κ3) is 4.62. The maximum Gasteiger partial charge on any atom is 0.327 e. The molecule has 0 unspecified atom stereocenters. The van der Waals surface area contributed by atoms with E-state index in [1.807, 2.05) is 0 Å². The summed E-state index contributed by atoms with van der Waals surface area (Å²) < 4.78 is 7.25. The number of nitrogens with one attached hydrogen (secondary N) is 1. The molecule has 0 aliphatic rings. The number of hydrogen-bond acceptors (Lipinski definition) is 7. The number of carbonyl (C=O) groups excluding carboxylic acids is 2. The van der Waals surface area contributed by atoms with E-state index in [-0.39, 0.29) is 31.2 Å². The zero-order chi connectivity index (χ0) is 16.8. The molecule has 0 aromatic carbocycles. The average molecular weight is 322 g/mol. The standard InChI is InChI=1S/C12H14N6O5/c1-2-23-12(20)8-16-4-3-10(15-16)14-11(19)7-17-6-9(5-13-17)18(21)22/h3-6H,2,7-8H2,1H3,(H,14,15,19). The Morgan fingerprint density at radius 3 is 2.83 bits per heavy atom. The van der Waals surface area contributed by atoms with E-state index in [1.165, 1.54) is 16.9 Å². The molecular formula is C12H14N6O5. The molecular weight excluding hydrogens is 308 g/mol. The Morgan fingerprint density at radius 1 is 1.39 bits per heavy atom. The SMILES string of the molecule is CCOC(=O)Cn1ccc(NC(=O)Cn2cc([N+](=O)[O-])cn2)n1. The highest BCUT2D eigenvalue weighted by Crippen LogP contribution is 2.08. The number of nitro groups is 1. The molecule has 23 heavy (non-hydrogen) atoms. The van der Waals surface area contributed by atoms with Crippen LogP contribution in [0.25, 0.3) is 0 Å². The largest absolute Gasteiger partial charge is 0.465 e. The highest BCUT2D eigenvalue weighted by Gasteiger charge is 2.12. The summed E-state index contributed by atoms with van der Waals surface area (Å²) >= 11 is 0. The number of aromatic nitrogens is 4. The predicted octanol–water partition coefficient (Wildman–Crippen LogP) is 0.190. The van der Waals surface area contributed by atoms with Crippen molar-refractivity contribution in [2.75, 3.05) is 11.9 Å². The topological polar surface area (TPSA) is 134 Å². The van der Waals surface area contributed by atoms with Crippen molar-refractivity contribution in [2.45, 2.75) is 20.0 Å². The van der Waals surface area contributed by atoms with Gasteiger partial charge in [-0.1, -0.05) is 0 Å². The first kappa shape index (κ1) is 16.1. The van der Waals surface area contributed by atoms with Crippen molar-refractivity contribution < 1.29 is 19.2 Å². The van der Waals surface area contributed by atoms with E-state index in [0.29, 0.717) is 0 Å². The fourth-order valence-corrected chi connectivity index (χ4v) is 1.72. The van der Waals surface area contributed by atoms with Crippen molar-refractivity contribution in [1.82, 2.24) is 19.6 Å². The molecule has 0 aliphatic carbocycles. The second kappa shape index (κ2) is 7.15. The van der Waals surface area contributed by atoms with Crippen LogP contribution in [0.3, 0.4) is 0 Å². The third-order valence-electron chi connectivity index (χ3n) is 2.64. The number of rotatable bonds is 7. The molecule has 2 heterocycles. The van der Waals surface area contributed by atoms with Gasteiger partial charge in [0.1, 0.15) is 25.5 Å². The molecule has 1 amide bonds. The minimum atomic E-state index is -0.599. The fraction of sp³-hybridized carbons (Fsp3) is 0.333. The Labute approximate surface area is 130 Å². The number of nitrogens with zero attached hydrogens (tertiary/aromatic N) is 5. The van der Waals surface area contributed by atoms with Crippen molar-refractivity contribution in [3.05, 3.63) is 34.8 Å². The van der Waals surface area contributed by atoms with Crippen molar-refractivity contribution in [1.29, 1.82) is 0 Å². The minimum Gasteiger partial charge on any atom is -0.465 e. The van der Waals surface area contributed by atoms with Gasteiger partial charge in [0.15, 0.2) is 5.82 Å². The van der Waals surface area contributed by atoms with Crippen molar-refractivity contribution in [3.63, 3.8) is 0 Å². The second-order valence-corrected chi connectivity index (χ2v) is 4.40. The van der Waals surface area contributed by atoms with Gasteiger partial charge in [-0.05, 0) is 6.92 Å². The van der Waals surface area contributed by atoms with E-state index in [2.05, 4.69) is 15.5 Å². The van der Waals surface area contributed by atoms with E-state index in [1.54, 1.807) is 6.92 Å². The van der Waals surface area contributed by atoms with Gasteiger partial charge in [-0.25, -0.2) is 0 Å². The van der Waals surface area contributed by atoms with E-state index in [4.69, 9.17) is 4.74 Å². The zero-order valence-electron chi connectivity index (χ0n) is 12.2. The van der Waals surface area contributed by atoms with Crippen LogP contribution in [0.15, 0.2) is 24.7 Å². The van der Waals surface area contributed by atoms with Crippen LogP contribution in [0.4, 0.5) is 11.5 Å². The Kier molecular flexibility index (Phi) is 5.02. The monoisotopic (exact) mass is 322 g/mol. The third-order valence-corrected chi connectivity index (χ3v) is 2.64. The summed E-state index contributed by atoms with van der Waals surface area (Å²) in [6.07, 6.45) is 3.73. The quantitative estimate of drug-likeness (QED) is 0.437. The summed E-state index contributed by atoms with van der Waals surface area (Å²) in [7, 11) is 0. The summed E-state index contributed by atoms with van der Waals surface area (Å²) in [5.41, 5.74) is -0.198. The first-order valence-corrected chi connectivity index (χ1v) is 6.63. The van der Waals surface area contributed by atoms with Crippen molar-refractivity contribution >= 4 is 23.4 Å². The zero-order valence-corrected chi connectivity index (χ0v) is 12.2. The molecule has 0 bridgehead atoms. The molecule has 122 valence electrons. The molecule has 0 saturated heterocycles. The molecule has 0 atom stereocenters. The number of ether oxygens (including phenoxy) is 1. The molecule has 0 spiro atoms. The van der Waals surface area contributed by atoms with Crippen LogP contribution in [0.1, 0.15) is 6.92 Å². The number of amides is 1. The van der Waals surface area contributed by atoms with Crippen LogP contribution in [-0.2, 0) is 27.4 Å². The molecule has 1 N–H and O–H groups in total. The molecule has 11 heteroatoms. The Morgan fingerprint density at radius 2 is 2.17 bits per heavy atom. The van der Waals surface area contributed by atoms with Crippen molar-refractivity contribution in [2.24, 2.45) is 0 Å².